The predicted octanol–water partition coefficient (Wildman–Crippen LogP) is 4.83. The van der Waals surface area contributed by atoms with Crippen molar-refractivity contribution in [2.45, 2.75) is 32.4 Å². The largest absolute Gasteiger partial charge is 0.489 e. The van der Waals surface area contributed by atoms with E-state index >= 15 is 0 Å². The molecule has 1 atom stereocenters. The Morgan fingerprint density at radius 1 is 1.00 bits per heavy atom. The van der Waals surface area contributed by atoms with Gasteiger partial charge in [-0.2, -0.15) is 0 Å². The highest BCUT2D eigenvalue weighted by Gasteiger charge is 2.22. The smallest absolute Gasteiger partial charge is 0.246 e. The lowest BCUT2D eigenvalue weighted by Gasteiger charge is -2.19. The standard InChI is InChI=1S/C26H27N3O3/c1-19(27-22-9-5-10-23(17-22)29-16-6-11-25(29)30)26(31)28-21-12-14-24(15-13-21)32-18-20-7-3-2-4-8-20/h2-5,7-10,12-15,17,19,27H,6,11,16,18H2,1H3,(H,28,31)/t19-/m0/s1. The van der Waals surface area contributed by atoms with Gasteiger partial charge in [-0.25, -0.2) is 0 Å². The van der Waals surface area contributed by atoms with Crippen molar-refractivity contribution in [1.82, 2.24) is 0 Å². The van der Waals surface area contributed by atoms with Crippen LogP contribution in [0.5, 0.6) is 5.75 Å². The molecule has 164 valence electrons. The summed E-state index contributed by atoms with van der Waals surface area (Å²) in [6, 6.07) is 24.5. The average Bonchev–Trinajstić information content (AvgIpc) is 3.25. The summed E-state index contributed by atoms with van der Waals surface area (Å²) >= 11 is 0. The molecule has 6 nitrogen and oxygen atoms in total. The first-order valence-corrected chi connectivity index (χ1v) is 10.8. The lowest BCUT2D eigenvalue weighted by Crippen LogP contribution is -2.32. The van der Waals surface area contributed by atoms with Crippen molar-refractivity contribution >= 4 is 28.9 Å². The number of amides is 2. The second-order valence-electron chi connectivity index (χ2n) is 7.85. The van der Waals surface area contributed by atoms with Gasteiger partial charge in [-0.05, 0) is 61.4 Å². The maximum absolute atomic E-state index is 12.6. The zero-order valence-electron chi connectivity index (χ0n) is 18.1. The minimum Gasteiger partial charge on any atom is -0.489 e. The highest BCUT2D eigenvalue weighted by Crippen LogP contribution is 2.25. The van der Waals surface area contributed by atoms with Crippen LogP contribution in [0.25, 0.3) is 0 Å². The zero-order valence-corrected chi connectivity index (χ0v) is 18.1. The molecule has 1 saturated heterocycles. The highest BCUT2D eigenvalue weighted by atomic mass is 16.5. The number of nitrogens with zero attached hydrogens (tertiary/aromatic N) is 1. The molecule has 0 aromatic heterocycles. The van der Waals surface area contributed by atoms with E-state index in [0.29, 0.717) is 18.7 Å². The summed E-state index contributed by atoms with van der Waals surface area (Å²) in [7, 11) is 0. The van der Waals surface area contributed by atoms with Crippen LogP contribution in [0.2, 0.25) is 0 Å². The lowest BCUT2D eigenvalue weighted by atomic mass is 10.2. The summed E-state index contributed by atoms with van der Waals surface area (Å²) in [4.78, 5) is 26.4. The van der Waals surface area contributed by atoms with E-state index in [1.54, 1.807) is 11.8 Å². The van der Waals surface area contributed by atoms with Crippen LogP contribution in [-0.2, 0) is 16.2 Å². The average molecular weight is 430 g/mol. The third-order valence-corrected chi connectivity index (χ3v) is 5.38. The summed E-state index contributed by atoms with van der Waals surface area (Å²) in [6.07, 6.45) is 1.47. The Balaban J connectivity index is 1.30. The van der Waals surface area contributed by atoms with Gasteiger partial charge in [0.05, 0.1) is 0 Å². The van der Waals surface area contributed by atoms with Gasteiger partial charge in [0, 0.05) is 30.0 Å². The second-order valence-corrected chi connectivity index (χ2v) is 7.85. The quantitative estimate of drug-likeness (QED) is 0.538. The van der Waals surface area contributed by atoms with Crippen LogP contribution in [0.3, 0.4) is 0 Å². The molecule has 0 unspecified atom stereocenters. The van der Waals surface area contributed by atoms with Gasteiger partial charge in [-0.3, -0.25) is 9.59 Å². The summed E-state index contributed by atoms with van der Waals surface area (Å²) in [5.41, 5.74) is 3.46. The first kappa shape index (κ1) is 21.4. The van der Waals surface area contributed by atoms with Crippen molar-refractivity contribution in [3.63, 3.8) is 0 Å². The minimum atomic E-state index is -0.450. The first-order valence-electron chi connectivity index (χ1n) is 10.8. The molecule has 32 heavy (non-hydrogen) atoms. The molecule has 1 heterocycles. The highest BCUT2D eigenvalue weighted by molar-refractivity contribution is 5.97. The van der Waals surface area contributed by atoms with Crippen molar-refractivity contribution in [2.75, 3.05) is 22.1 Å². The van der Waals surface area contributed by atoms with Crippen LogP contribution in [0, 0.1) is 0 Å². The SMILES string of the molecule is C[C@H](Nc1cccc(N2CCCC2=O)c1)C(=O)Nc1ccc(OCc2ccccc2)cc1. The molecule has 0 aliphatic carbocycles. The molecule has 1 aliphatic rings. The number of carbonyl (C=O) groups is 2. The van der Waals surface area contributed by atoms with Gasteiger partial charge < -0.3 is 20.3 Å². The van der Waals surface area contributed by atoms with E-state index in [9.17, 15) is 9.59 Å². The third-order valence-electron chi connectivity index (χ3n) is 5.38. The maximum Gasteiger partial charge on any atom is 0.246 e. The van der Waals surface area contributed by atoms with Gasteiger partial charge in [0.25, 0.3) is 0 Å². The van der Waals surface area contributed by atoms with Crippen molar-refractivity contribution in [1.29, 1.82) is 0 Å². The molecule has 1 aliphatic heterocycles. The van der Waals surface area contributed by atoms with Crippen LogP contribution in [0.1, 0.15) is 25.3 Å². The molecule has 3 aromatic carbocycles. The molecule has 1 fully saturated rings. The van der Waals surface area contributed by atoms with E-state index < -0.39 is 6.04 Å². The minimum absolute atomic E-state index is 0.143. The number of carbonyl (C=O) groups excluding carboxylic acids is 2. The van der Waals surface area contributed by atoms with Crippen LogP contribution >= 0.6 is 0 Å². The molecular weight excluding hydrogens is 402 g/mol. The zero-order chi connectivity index (χ0) is 22.3. The monoisotopic (exact) mass is 429 g/mol. The van der Waals surface area contributed by atoms with Crippen molar-refractivity contribution < 1.29 is 14.3 Å². The fraction of sp³-hybridized carbons (Fsp3) is 0.231. The molecule has 4 rings (SSSR count). The Bertz CT molecular complexity index is 1070. The number of benzene rings is 3. The number of rotatable bonds is 8. The van der Waals surface area contributed by atoms with E-state index in [2.05, 4.69) is 10.6 Å². The Hall–Kier alpha value is -3.80. The van der Waals surface area contributed by atoms with Crippen molar-refractivity contribution in [3.8, 4) is 5.75 Å². The van der Waals surface area contributed by atoms with Crippen LogP contribution in [0.4, 0.5) is 17.1 Å². The van der Waals surface area contributed by atoms with Crippen LogP contribution in [-0.4, -0.2) is 24.4 Å². The molecule has 3 aromatic rings. The molecule has 2 N–H and O–H groups in total. The van der Waals surface area contributed by atoms with E-state index in [-0.39, 0.29) is 11.8 Å². The summed E-state index contributed by atoms with van der Waals surface area (Å²) in [6.45, 7) is 3.04. The second kappa shape index (κ2) is 10.0. The summed E-state index contributed by atoms with van der Waals surface area (Å²) in [5, 5.41) is 6.13. The fourth-order valence-electron chi connectivity index (χ4n) is 3.63. The molecule has 6 heteroatoms. The van der Waals surface area contributed by atoms with Gasteiger partial charge in [0.15, 0.2) is 0 Å². The van der Waals surface area contributed by atoms with Gasteiger partial charge in [-0.15, -0.1) is 0 Å². The van der Waals surface area contributed by atoms with Crippen molar-refractivity contribution in [2.24, 2.45) is 0 Å². The van der Waals surface area contributed by atoms with Gasteiger partial charge in [0.1, 0.15) is 18.4 Å². The Kier molecular flexibility index (Phi) is 6.70. The summed E-state index contributed by atoms with van der Waals surface area (Å²) < 4.78 is 5.79. The van der Waals surface area contributed by atoms with E-state index in [0.717, 1.165) is 35.7 Å². The van der Waals surface area contributed by atoms with Gasteiger partial charge in [0.2, 0.25) is 11.8 Å². The lowest BCUT2D eigenvalue weighted by molar-refractivity contribution is -0.117. The Labute approximate surface area is 188 Å². The van der Waals surface area contributed by atoms with E-state index in [1.807, 2.05) is 78.9 Å². The summed E-state index contributed by atoms with van der Waals surface area (Å²) in [5.74, 6) is 0.737. The molecule has 0 spiro atoms. The molecule has 0 radical (unpaired) electrons. The maximum atomic E-state index is 12.6. The fourth-order valence-corrected chi connectivity index (χ4v) is 3.63. The van der Waals surface area contributed by atoms with Crippen LogP contribution in [0.15, 0.2) is 78.9 Å². The molecule has 0 saturated carbocycles. The number of anilines is 3. The first-order chi connectivity index (χ1) is 15.6. The third kappa shape index (κ3) is 5.46. The van der Waals surface area contributed by atoms with E-state index in [4.69, 9.17) is 4.74 Å². The number of hydrogen-bond acceptors (Lipinski definition) is 4. The van der Waals surface area contributed by atoms with Gasteiger partial charge in [-0.1, -0.05) is 36.4 Å². The van der Waals surface area contributed by atoms with Crippen molar-refractivity contribution in [3.05, 3.63) is 84.4 Å². The predicted molar refractivity (Wildman–Crippen MR) is 127 cm³/mol. The number of ether oxygens (including phenoxy) is 1. The Morgan fingerprint density at radius 2 is 1.78 bits per heavy atom. The number of nitrogens with one attached hydrogen (secondary N) is 2. The van der Waals surface area contributed by atoms with Crippen LogP contribution < -0.4 is 20.3 Å². The molecule has 2 amide bonds. The van der Waals surface area contributed by atoms with E-state index in [1.165, 1.54) is 0 Å². The van der Waals surface area contributed by atoms with Gasteiger partial charge >= 0.3 is 0 Å². The molecular formula is C26H27N3O3. The number of hydrogen-bond donors (Lipinski definition) is 2. The molecule has 0 bridgehead atoms. The Morgan fingerprint density at radius 3 is 2.50 bits per heavy atom. The normalized spacial score (nSPS) is 14.2. The topological polar surface area (TPSA) is 70.7 Å².